The summed E-state index contributed by atoms with van der Waals surface area (Å²) in [5.41, 5.74) is 2.84. The second kappa shape index (κ2) is 6.29. The molecule has 0 unspecified atom stereocenters. The average molecular weight is 302 g/mol. The summed E-state index contributed by atoms with van der Waals surface area (Å²) in [5.74, 6) is -0.490. The predicted octanol–water partition coefficient (Wildman–Crippen LogP) is 3.10. The van der Waals surface area contributed by atoms with Crippen LogP contribution in [-0.2, 0) is 16.0 Å². The Hall–Kier alpha value is -3.19. The molecule has 1 fully saturated rings. The molecule has 2 aromatic rings. The Bertz CT molecular complexity index is 815. The fourth-order valence-electron chi connectivity index (χ4n) is 2.55. The number of hydrogen-bond donors (Lipinski definition) is 0. The van der Waals surface area contributed by atoms with E-state index < -0.39 is 0 Å². The van der Waals surface area contributed by atoms with Crippen molar-refractivity contribution in [2.75, 3.05) is 4.90 Å². The lowest BCUT2D eigenvalue weighted by Gasteiger charge is -2.12. The summed E-state index contributed by atoms with van der Waals surface area (Å²) in [6, 6.07) is 18.4. The molecule has 112 valence electrons. The zero-order valence-electron chi connectivity index (χ0n) is 12.4. The molecule has 0 atom stereocenters. The summed E-state index contributed by atoms with van der Waals surface area (Å²) in [4.78, 5) is 25.9. The van der Waals surface area contributed by atoms with Gasteiger partial charge < -0.3 is 0 Å². The molecule has 0 bridgehead atoms. The number of carbonyl (C=O) groups is 2. The Morgan fingerprint density at radius 2 is 1.74 bits per heavy atom. The number of hydrogen-bond acceptors (Lipinski definition) is 3. The Balaban J connectivity index is 1.85. The number of benzene rings is 2. The van der Waals surface area contributed by atoms with Gasteiger partial charge in [-0.3, -0.25) is 9.59 Å². The molecule has 1 aliphatic heterocycles. The fraction of sp³-hybridized carbons (Fsp3) is 0.105. The van der Waals surface area contributed by atoms with Crippen LogP contribution in [0.3, 0.4) is 0 Å². The fourth-order valence-corrected chi connectivity index (χ4v) is 2.55. The van der Waals surface area contributed by atoms with Crippen LogP contribution in [0.1, 0.15) is 17.5 Å². The van der Waals surface area contributed by atoms with Gasteiger partial charge in [0.05, 0.1) is 24.6 Å². The van der Waals surface area contributed by atoms with E-state index in [2.05, 4.69) is 6.07 Å². The molecule has 0 aromatic heterocycles. The second-order valence-corrected chi connectivity index (χ2v) is 5.29. The van der Waals surface area contributed by atoms with Gasteiger partial charge in [-0.1, -0.05) is 42.5 Å². The van der Waals surface area contributed by atoms with Crippen molar-refractivity contribution >= 4 is 23.6 Å². The smallest absolute Gasteiger partial charge is 0.261 e. The van der Waals surface area contributed by atoms with E-state index >= 15 is 0 Å². The first-order valence-electron chi connectivity index (χ1n) is 7.28. The van der Waals surface area contributed by atoms with Crippen LogP contribution in [0.4, 0.5) is 5.69 Å². The third kappa shape index (κ3) is 3.04. The quantitative estimate of drug-likeness (QED) is 0.646. The van der Waals surface area contributed by atoms with Crippen LogP contribution >= 0.6 is 0 Å². The highest BCUT2D eigenvalue weighted by Gasteiger charge is 2.34. The minimum atomic E-state index is -0.276. The van der Waals surface area contributed by atoms with Crippen LogP contribution in [0.25, 0.3) is 6.08 Å². The standard InChI is InChI=1S/C19H14N2O2/c20-11-10-14-6-8-15(9-7-14)12-16-13-18(22)21(19(16)23)17-4-2-1-3-5-17/h1-9,12H,10,13H2/b16-12+. The molecular formula is C19H14N2O2. The number of para-hydroxylation sites is 1. The van der Waals surface area contributed by atoms with E-state index in [4.69, 9.17) is 5.26 Å². The van der Waals surface area contributed by atoms with E-state index in [0.717, 1.165) is 11.1 Å². The lowest BCUT2D eigenvalue weighted by molar-refractivity contribution is -0.120. The third-order valence-electron chi connectivity index (χ3n) is 3.69. The van der Waals surface area contributed by atoms with Crippen molar-refractivity contribution in [3.8, 4) is 6.07 Å². The van der Waals surface area contributed by atoms with Crippen molar-refractivity contribution in [3.05, 3.63) is 71.3 Å². The second-order valence-electron chi connectivity index (χ2n) is 5.29. The molecule has 23 heavy (non-hydrogen) atoms. The molecule has 1 aliphatic rings. The molecule has 0 radical (unpaired) electrons. The minimum absolute atomic E-state index is 0.105. The number of rotatable bonds is 3. The van der Waals surface area contributed by atoms with Gasteiger partial charge in [0.25, 0.3) is 5.91 Å². The van der Waals surface area contributed by atoms with Crippen LogP contribution in [-0.4, -0.2) is 11.8 Å². The molecule has 1 saturated heterocycles. The van der Waals surface area contributed by atoms with Gasteiger partial charge in [0.1, 0.15) is 0 Å². The predicted molar refractivity (Wildman–Crippen MR) is 87.3 cm³/mol. The average Bonchev–Trinajstić information content (AvgIpc) is 2.84. The molecule has 0 saturated carbocycles. The molecule has 4 nitrogen and oxygen atoms in total. The summed E-state index contributed by atoms with van der Waals surface area (Å²) in [5, 5.41) is 8.67. The largest absolute Gasteiger partial charge is 0.274 e. The number of anilines is 1. The number of imide groups is 1. The normalized spacial score (nSPS) is 16.0. The van der Waals surface area contributed by atoms with Crippen LogP contribution in [0, 0.1) is 11.3 Å². The van der Waals surface area contributed by atoms with Gasteiger partial charge in [0.2, 0.25) is 5.91 Å². The Morgan fingerprint density at radius 3 is 2.39 bits per heavy atom. The topological polar surface area (TPSA) is 61.2 Å². The first kappa shape index (κ1) is 14.7. The SMILES string of the molecule is N#CCc1ccc(/C=C2\CC(=O)N(c3ccccc3)C2=O)cc1. The summed E-state index contributed by atoms with van der Waals surface area (Å²) in [6.45, 7) is 0. The molecule has 1 heterocycles. The first-order chi connectivity index (χ1) is 11.2. The highest BCUT2D eigenvalue weighted by molar-refractivity contribution is 6.29. The highest BCUT2D eigenvalue weighted by atomic mass is 16.2. The Kier molecular flexibility index (Phi) is 4.03. The summed E-state index contributed by atoms with van der Waals surface area (Å²) < 4.78 is 0. The molecule has 0 N–H and O–H groups in total. The zero-order valence-corrected chi connectivity index (χ0v) is 12.4. The molecule has 2 aromatic carbocycles. The van der Waals surface area contributed by atoms with Crippen molar-refractivity contribution in [1.29, 1.82) is 5.26 Å². The lowest BCUT2D eigenvalue weighted by Crippen LogP contribution is -2.28. The van der Waals surface area contributed by atoms with Gasteiger partial charge in [-0.2, -0.15) is 5.26 Å². The molecule has 0 spiro atoms. The van der Waals surface area contributed by atoms with Gasteiger partial charge in [-0.25, -0.2) is 4.90 Å². The van der Waals surface area contributed by atoms with Crippen LogP contribution in [0.15, 0.2) is 60.2 Å². The van der Waals surface area contributed by atoms with Gasteiger partial charge in [-0.05, 0) is 29.3 Å². The van der Waals surface area contributed by atoms with E-state index in [1.54, 1.807) is 30.3 Å². The third-order valence-corrected chi connectivity index (χ3v) is 3.69. The van der Waals surface area contributed by atoms with E-state index in [9.17, 15) is 9.59 Å². The van der Waals surface area contributed by atoms with E-state index in [1.807, 2.05) is 30.3 Å². The van der Waals surface area contributed by atoms with Crippen LogP contribution in [0.2, 0.25) is 0 Å². The van der Waals surface area contributed by atoms with Gasteiger partial charge in [0.15, 0.2) is 0 Å². The maximum atomic E-state index is 12.5. The van der Waals surface area contributed by atoms with E-state index in [1.165, 1.54) is 4.90 Å². The van der Waals surface area contributed by atoms with Gasteiger partial charge in [-0.15, -0.1) is 0 Å². The van der Waals surface area contributed by atoms with Gasteiger partial charge >= 0.3 is 0 Å². The van der Waals surface area contributed by atoms with Crippen molar-refractivity contribution in [2.45, 2.75) is 12.8 Å². The first-order valence-corrected chi connectivity index (χ1v) is 7.28. The maximum absolute atomic E-state index is 12.5. The summed E-state index contributed by atoms with van der Waals surface area (Å²) in [6.07, 6.45) is 2.20. The number of carbonyl (C=O) groups excluding carboxylic acids is 2. The lowest BCUT2D eigenvalue weighted by atomic mass is 10.1. The number of nitrogens with zero attached hydrogens (tertiary/aromatic N) is 2. The summed E-state index contributed by atoms with van der Waals surface area (Å²) in [7, 11) is 0. The van der Waals surface area contributed by atoms with Crippen LogP contribution < -0.4 is 4.90 Å². The van der Waals surface area contributed by atoms with Crippen molar-refractivity contribution in [3.63, 3.8) is 0 Å². The molecule has 0 aliphatic carbocycles. The van der Waals surface area contributed by atoms with E-state index in [0.29, 0.717) is 17.7 Å². The zero-order chi connectivity index (χ0) is 16.2. The van der Waals surface area contributed by atoms with Gasteiger partial charge in [0, 0.05) is 5.57 Å². The van der Waals surface area contributed by atoms with Crippen LogP contribution in [0.5, 0.6) is 0 Å². The minimum Gasteiger partial charge on any atom is -0.274 e. The number of nitriles is 1. The molecule has 2 amide bonds. The highest BCUT2D eigenvalue weighted by Crippen LogP contribution is 2.27. The molecular weight excluding hydrogens is 288 g/mol. The molecule has 3 rings (SSSR count). The van der Waals surface area contributed by atoms with Crippen molar-refractivity contribution < 1.29 is 9.59 Å². The van der Waals surface area contributed by atoms with Crippen molar-refractivity contribution in [2.24, 2.45) is 0 Å². The monoisotopic (exact) mass is 302 g/mol. The van der Waals surface area contributed by atoms with Crippen molar-refractivity contribution in [1.82, 2.24) is 0 Å². The Morgan fingerprint density at radius 1 is 1.04 bits per heavy atom. The maximum Gasteiger partial charge on any atom is 0.261 e. The van der Waals surface area contributed by atoms with E-state index in [-0.39, 0.29) is 18.2 Å². The Labute approximate surface area is 134 Å². The summed E-state index contributed by atoms with van der Waals surface area (Å²) >= 11 is 0. The molecule has 4 heteroatoms. The number of amides is 2.